The molecule has 1 aromatic rings. The fourth-order valence-corrected chi connectivity index (χ4v) is 2.33. The molecule has 4 nitrogen and oxygen atoms in total. The molecular formula is C13H18F3NO3S. The number of hydrogen-bond donors (Lipinski definition) is 2. The van der Waals surface area contributed by atoms with Crippen molar-refractivity contribution in [3.05, 3.63) is 35.4 Å². The predicted octanol–water partition coefficient (Wildman–Crippen LogP) is 2.68. The number of rotatable bonds is 7. The Labute approximate surface area is 122 Å². The van der Waals surface area contributed by atoms with Gasteiger partial charge in [0.25, 0.3) is 10.1 Å². The van der Waals surface area contributed by atoms with Crippen molar-refractivity contribution in [3.63, 3.8) is 0 Å². The van der Waals surface area contributed by atoms with Gasteiger partial charge in [-0.3, -0.25) is 4.55 Å². The molecule has 0 aromatic heterocycles. The molecule has 0 aliphatic carbocycles. The van der Waals surface area contributed by atoms with E-state index in [1.54, 1.807) is 0 Å². The molecule has 21 heavy (non-hydrogen) atoms. The second kappa shape index (κ2) is 7.24. The summed E-state index contributed by atoms with van der Waals surface area (Å²) in [4.78, 5) is 0. The number of hydrogen-bond acceptors (Lipinski definition) is 3. The van der Waals surface area contributed by atoms with E-state index in [1.165, 1.54) is 12.1 Å². The van der Waals surface area contributed by atoms with Crippen molar-refractivity contribution in [2.24, 2.45) is 0 Å². The first-order valence-corrected chi connectivity index (χ1v) is 8.03. The van der Waals surface area contributed by atoms with Crippen LogP contribution in [0.4, 0.5) is 13.2 Å². The van der Waals surface area contributed by atoms with Gasteiger partial charge in [-0.15, -0.1) is 0 Å². The molecule has 0 amide bonds. The Hall–Kier alpha value is -1.12. The van der Waals surface area contributed by atoms with Crippen molar-refractivity contribution in [1.82, 2.24) is 5.32 Å². The largest absolute Gasteiger partial charge is 0.416 e. The number of nitrogens with one attached hydrogen (secondary N) is 1. The normalized spacial score (nSPS) is 14.1. The summed E-state index contributed by atoms with van der Waals surface area (Å²) in [6, 6.07) is 4.97. The van der Waals surface area contributed by atoms with Gasteiger partial charge >= 0.3 is 6.18 Å². The van der Waals surface area contributed by atoms with Gasteiger partial charge in [-0.1, -0.05) is 19.1 Å². The summed E-state index contributed by atoms with van der Waals surface area (Å²) in [5.41, 5.74) is 0.0878. The molecule has 0 bridgehead atoms. The van der Waals surface area contributed by atoms with Gasteiger partial charge in [-0.05, 0) is 36.6 Å². The maximum absolute atomic E-state index is 12.4. The average Bonchev–Trinajstić information content (AvgIpc) is 2.36. The summed E-state index contributed by atoms with van der Waals surface area (Å²) in [6.07, 6.45) is -4.06. The SMILES string of the molecule is CC(CNCCCS(=O)(=O)O)c1ccc(C(F)(F)F)cc1. The topological polar surface area (TPSA) is 66.4 Å². The quantitative estimate of drug-likeness (QED) is 0.597. The van der Waals surface area contributed by atoms with Crippen LogP contribution in [-0.2, 0) is 16.3 Å². The van der Waals surface area contributed by atoms with Gasteiger partial charge in [0.15, 0.2) is 0 Å². The molecule has 1 atom stereocenters. The minimum absolute atomic E-state index is 0.00184. The molecule has 8 heteroatoms. The van der Waals surface area contributed by atoms with Gasteiger partial charge in [0, 0.05) is 6.54 Å². The number of benzene rings is 1. The highest BCUT2D eigenvalue weighted by atomic mass is 32.2. The lowest BCUT2D eigenvalue weighted by atomic mass is 9.99. The van der Waals surface area contributed by atoms with Crippen molar-refractivity contribution in [1.29, 1.82) is 0 Å². The van der Waals surface area contributed by atoms with Crippen LogP contribution in [0.1, 0.15) is 30.4 Å². The van der Waals surface area contributed by atoms with Crippen molar-refractivity contribution < 1.29 is 26.1 Å². The van der Waals surface area contributed by atoms with Crippen LogP contribution in [0.5, 0.6) is 0 Å². The third-order valence-electron chi connectivity index (χ3n) is 3.01. The molecule has 1 rings (SSSR count). The summed E-state index contributed by atoms with van der Waals surface area (Å²) in [7, 11) is -3.94. The average molecular weight is 325 g/mol. The van der Waals surface area contributed by atoms with Gasteiger partial charge in [0.1, 0.15) is 0 Å². The zero-order valence-electron chi connectivity index (χ0n) is 11.5. The smallest absolute Gasteiger partial charge is 0.316 e. The molecule has 0 heterocycles. The molecule has 1 unspecified atom stereocenters. The van der Waals surface area contributed by atoms with E-state index >= 15 is 0 Å². The van der Waals surface area contributed by atoms with E-state index in [4.69, 9.17) is 4.55 Å². The number of halogens is 3. The summed E-state index contributed by atoms with van der Waals surface area (Å²) in [6.45, 7) is 2.78. The summed E-state index contributed by atoms with van der Waals surface area (Å²) >= 11 is 0. The molecule has 0 aliphatic rings. The van der Waals surface area contributed by atoms with Gasteiger partial charge in [0.05, 0.1) is 11.3 Å². The highest BCUT2D eigenvalue weighted by Crippen LogP contribution is 2.30. The van der Waals surface area contributed by atoms with Crippen LogP contribution < -0.4 is 5.32 Å². The molecule has 120 valence electrons. The third kappa shape index (κ3) is 6.92. The van der Waals surface area contributed by atoms with E-state index in [9.17, 15) is 21.6 Å². The van der Waals surface area contributed by atoms with E-state index in [2.05, 4.69) is 5.32 Å². The van der Waals surface area contributed by atoms with E-state index in [-0.39, 0.29) is 18.1 Å². The fourth-order valence-electron chi connectivity index (χ4n) is 1.82. The van der Waals surface area contributed by atoms with Crippen molar-refractivity contribution >= 4 is 10.1 Å². The monoisotopic (exact) mass is 325 g/mol. The van der Waals surface area contributed by atoms with Crippen LogP contribution in [0.15, 0.2) is 24.3 Å². The molecule has 0 spiro atoms. The maximum Gasteiger partial charge on any atom is 0.416 e. The van der Waals surface area contributed by atoms with Crippen LogP contribution in [0, 0.1) is 0 Å². The van der Waals surface area contributed by atoms with Gasteiger partial charge in [-0.2, -0.15) is 21.6 Å². The Bertz CT molecular complexity index is 541. The minimum atomic E-state index is -4.34. The maximum atomic E-state index is 12.4. The second-order valence-electron chi connectivity index (χ2n) is 4.86. The van der Waals surface area contributed by atoms with Crippen molar-refractivity contribution in [3.8, 4) is 0 Å². The molecule has 2 N–H and O–H groups in total. The summed E-state index contributed by atoms with van der Waals surface area (Å²) in [5.74, 6) is -0.313. The molecule has 0 fully saturated rings. The van der Waals surface area contributed by atoms with Gasteiger partial charge in [-0.25, -0.2) is 0 Å². The number of alkyl halides is 3. The van der Waals surface area contributed by atoms with E-state index in [0.29, 0.717) is 13.1 Å². The first-order chi connectivity index (χ1) is 9.59. The summed E-state index contributed by atoms with van der Waals surface area (Å²) in [5, 5.41) is 3.00. The first-order valence-electron chi connectivity index (χ1n) is 6.42. The second-order valence-corrected chi connectivity index (χ2v) is 6.44. The third-order valence-corrected chi connectivity index (χ3v) is 3.82. The van der Waals surface area contributed by atoms with Crippen LogP contribution in [-0.4, -0.2) is 31.8 Å². The van der Waals surface area contributed by atoms with Crippen LogP contribution in [0.2, 0.25) is 0 Å². The molecule has 0 aliphatic heterocycles. The van der Waals surface area contributed by atoms with E-state index < -0.39 is 21.9 Å². The van der Waals surface area contributed by atoms with Crippen LogP contribution >= 0.6 is 0 Å². The standard InChI is InChI=1S/C13H18F3NO3S/c1-10(9-17-7-2-8-21(18,19)20)11-3-5-12(6-4-11)13(14,15)16/h3-6,10,17H,2,7-9H2,1H3,(H,18,19,20). The Kier molecular flexibility index (Phi) is 6.18. The zero-order valence-corrected chi connectivity index (χ0v) is 12.3. The summed E-state index contributed by atoms with van der Waals surface area (Å²) < 4.78 is 66.8. The lowest BCUT2D eigenvalue weighted by Gasteiger charge is -2.14. The van der Waals surface area contributed by atoms with E-state index in [1.807, 2.05) is 6.92 Å². The van der Waals surface area contributed by atoms with Crippen molar-refractivity contribution in [2.75, 3.05) is 18.8 Å². The fraction of sp³-hybridized carbons (Fsp3) is 0.538. The minimum Gasteiger partial charge on any atom is -0.316 e. The zero-order chi connectivity index (χ0) is 16.1. The van der Waals surface area contributed by atoms with Crippen LogP contribution in [0.3, 0.4) is 0 Å². The van der Waals surface area contributed by atoms with Gasteiger partial charge < -0.3 is 5.32 Å². The highest BCUT2D eigenvalue weighted by Gasteiger charge is 2.30. The Balaban J connectivity index is 2.40. The molecule has 0 radical (unpaired) electrons. The lowest BCUT2D eigenvalue weighted by molar-refractivity contribution is -0.137. The molecule has 0 saturated heterocycles. The van der Waals surface area contributed by atoms with E-state index in [0.717, 1.165) is 17.7 Å². The Morgan fingerprint density at radius 2 is 1.81 bits per heavy atom. The molecule has 0 saturated carbocycles. The first kappa shape index (κ1) is 17.9. The predicted molar refractivity (Wildman–Crippen MR) is 73.8 cm³/mol. The highest BCUT2D eigenvalue weighted by molar-refractivity contribution is 7.85. The lowest BCUT2D eigenvalue weighted by Crippen LogP contribution is -2.23. The molecule has 1 aromatic carbocycles. The van der Waals surface area contributed by atoms with Crippen molar-refractivity contribution in [2.45, 2.75) is 25.4 Å². The van der Waals surface area contributed by atoms with Gasteiger partial charge in [0.2, 0.25) is 0 Å². The molecular weight excluding hydrogens is 307 g/mol. The van der Waals surface area contributed by atoms with Crippen LogP contribution in [0.25, 0.3) is 0 Å². The Morgan fingerprint density at radius 3 is 2.29 bits per heavy atom. The Morgan fingerprint density at radius 1 is 1.24 bits per heavy atom.